The molecule has 0 unspecified atom stereocenters. The zero-order chi connectivity index (χ0) is 17.5. The average molecular weight is 320 g/mol. The van der Waals surface area contributed by atoms with Crippen LogP contribution < -0.4 is 0 Å². The Balaban J connectivity index is 4.96. The second-order valence-electron chi connectivity index (χ2n) is 5.18. The topological polar surface area (TPSA) is 156 Å². The van der Waals surface area contributed by atoms with E-state index in [9.17, 15) is 19.2 Å². The third kappa shape index (κ3) is 6.99. The maximum Gasteiger partial charge on any atom is 0.323 e. The molecule has 0 aromatic carbocycles. The molecule has 0 aliphatic heterocycles. The molecular weight excluding hydrogens is 300 g/mol. The van der Waals surface area contributed by atoms with Crippen molar-refractivity contribution in [1.29, 1.82) is 0 Å². The van der Waals surface area contributed by atoms with Crippen molar-refractivity contribution in [2.45, 2.75) is 19.4 Å². The first kappa shape index (κ1) is 19.8. The van der Waals surface area contributed by atoms with E-state index in [-0.39, 0.29) is 13.1 Å². The molecule has 0 aromatic rings. The number of hydrogen-bond donors (Lipinski definition) is 4. The van der Waals surface area contributed by atoms with Crippen molar-refractivity contribution in [3.63, 3.8) is 0 Å². The molecule has 0 aliphatic carbocycles. The highest BCUT2D eigenvalue weighted by molar-refractivity contribution is 5.79. The summed E-state index contributed by atoms with van der Waals surface area (Å²) in [6.45, 7) is 0.789. The largest absolute Gasteiger partial charge is 0.480 e. The van der Waals surface area contributed by atoms with Crippen molar-refractivity contribution >= 4 is 23.9 Å². The second kappa shape index (κ2) is 8.29. The Morgan fingerprint density at radius 1 is 0.773 bits per heavy atom. The van der Waals surface area contributed by atoms with E-state index in [1.54, 1.807) is 0 Å². The molecule has 0 aliphatic rings. The van der Waals surface area contributed by atoms with Crippen LogP contribution >= 0.6 is 0 Å². The van der Waals surface area contributed by atoms with Crippen LogP contribution in [-0.4, -0.2) is 92.4 Å². The lowest BCUT2D eigenvalue weighted by atomic mass is 10.0. The summed E-state index contributed by atoms with van der Waals surface area (Å²) in [5, 5.41) is 35.4. The molecule has 0 amide bonds. The van der Waals surface area contributed by atoms with Crippen LogP contribution in [0.5, 0.6) is 0 Å². The van der Waals surface area contributed by atoms with Crippen molar-refractivity contribution in [1.82, 2.24) is 9.80 Å². The highest BCUT2D eigenvalue weighted by Gasteiger charge is 2.35. The molecular formula is C12H20N2O8. The lowest BCUT2D eigenvalue weighted by molar-refractivity contribution is -0.153. The molecule has 22 heavy (non-hydrogen) atoms. The Morgan fingerprint density at radius 2 is 1.18 bits per heavy atom. The van der Waals surface area contributed by atoms with Crippen molar-refractivity contribution in [3.8, 4) is 0 Å². The monoisotopic (exact) mass is 320 g/mol. The highest BCUT2D eigenvalue weighted by Crippen LogP contribution is 2.14. The van der Waals surface area contributed by atoms with Gasteiger partial charge in [-0.25, -0.2) is 0 Å². The predicted octanol–water partition coefficient (Wildman–Crippen LogP) is -1.29. The van der Waals surface area contributed by atoms with Crippen molar-refractivity contribution in [2.75, 3.05) is 32.7 Å². The number of hydrogen-bond acceptors (Lipinski definition) is 6. The van der Waals surface area contributed by atoms with Crippen LogP contribution in [0.25, 0.3) is 0 Å². The molecule has 4 N–H and O–H groups in total. The van der Waals surface area contributed by atoms with Crippen LogP contribution in [0.3, 0.4) is 0 Å². The van der Waals surface area contributed by atoms with Gasteiger partial charge in [0.1, 0.15) is 5.54 Å². The summed E-state index contributed by atoms with van der Waals surface area (Å²) in [4.78, 5) is 45.6. The summed E-state index contributed by atoms with van der Waals surface area (Å²) in [6.07, 6.45) is 0. The van der Waals surface area contributed by atoms with Gasteiger partial charge in [-0.2, -0.15) is 0 Å². The minimum Gasteiger partial charge on any atom is -0.480 e. The summed E-state index contributed by atoms with van der Waals surface area (Å²) in [5.41, 5.74) is -1.49. The molecule has 0 spiro atoms. The zero-order valence-electron chi connectivity index (χ0n) is 12.4. The third-order valence-corrected chi connectivity index (χ3v) is 3.04. The van der Waals surface area contributed by atoms with Crippen LogP contribution in [-0.2, 0) is 19.2 Å². The first-order valence-corrected chi connectivity index (χ1v) is 6.33. The fourth-order valence-corrected chi connectivity index (χ4v) is 1.71. The van der Waals surface area contributed by atoms with Gasteiger partial charge in [0, 0.05) is 13.1 Å². The molecule has 0 heterocycles. The van der Waals surface area contributed by atoms with E-state index in [2.05, 4.69) is 0 Å². The molecule has 10 heteroatoms. The summed E-state index contributed by atoms with van der Waals surface area (Å²) in [7, 11) is 0. The van der Waals surface area contributed by atoms with E-state index < -0.39 is 49.1 Å². The molecule has 0 bridgehead atoms. The Hall–Kier alpha value is -2.20. The Labute approximate surface area is 126 Å². The van der Waals surface area contributed by atoms with Gasteiger partial charge in [-0.05, 0) is 13.8 Å². The first-order valence-electron chi connectivity index (χ1n) is 6.33. The minimum atomic E-state index is -1.49. The molecule has 0 radical (unpaired) electrons. The van der Waals surface area contributed by atoms with E-state index in [4.69, 9.17) is 20.4 Å². The summed E-state index contributed by atoms with van der Waals surface area (Å²) in [5.74, 6) is -4.94. The van der Waals surface area contributed by atoms with Crippen LogP contribution in [0, 0.1) is 0 Å². The lowest BCUT2D eigenvalue weighted by Crippen LogP contribution is -2.54. The second-order valence-corrected chi connectivity index (χ2v) is 5.18. The third-order valence-electron chi connectivity index (χ3n) is 3.04. The standard InChI is InChI=1S/C12H20N2O8/c1-12(2,11(21)22)14(7-10(19)20)4-3-13(5-8(15)16)6-9(17)18/h3-7H2,1-2H3,(H,15,16)(H,17,18)(H,19,20)(H,21,22). The number of carbonyl (C=O) groups is 4. The summed E-state index contributed by atoms with van der Waals surface area (Å²) in [6, 6.07) is 0. The van der Waals surface area contributed by atoms with Gasteiger partial charge >= 0.3 is 23.9 Å². The van der Waals surface area contributed by atoms with Crippen molar-refractivity contribution in [2.24, 2.45) is 0 Å². The van der Waals surface area contributed by atoms with Gasteiger partial charge < -0.3 is 20.4 Å². The van der Waals surface area contributed by atoms with E-state index in [0.717, 1.165) is 9.80 Å². The SMILES string of the molecule is CC(C)(C(=O)O)N(CCN(CC(=O)O)CC(=O)O)CC(=O)O. The minimum absolute atomic E-state index is 0.0947. The predicted molar refractivity (Wildman–Crippen MR) is 72.6 cm³/mol. The van der Waals surface area contributed by atoms with Gasteiger partial charge in [-0.3, -0.25) is 29.0 Å². The van der Waals surface area contributed by atoms with E-state index >= 15 is 0 Å². The Morgan fingerprint density at radius 3 is 1.50 bits per heavy atom. The molecule has 126 valence electrons. The van der Waals surface area contributed by atoms with Gasteiger partial charge in [-0.1, -0.05) is 0 Å². The van der Waals surface area contributed by atoms with Crippen LogP contribution in [0.2, 0.25) is 0 Å². The molecule has 10 nitrogen and oxygen atoms in total. The highest BCUT2D eigenvalue weighted by atomic mass is 16.4. The maximum absolute atomic E-state index is 11.2. The van der Waals surface area contributed by atoms with Crippen LogP contribution in [0.15, 0.2) is 0 Å². The van der Waals surface area contributed by atoms with Gasteiger partial charge in [0.2, 0.25) is 0 Å². The van der Waals surface area contributed by atoms with Gasteiger partial charge in [-0.15, -0.1) is 0 Å². The molecule has 0 saturated heterocycles. The fraction of sp³-hybridized carbons (Fsp3) is 0.667. The van der Waals surface area contributed by atoms with E-state index in [0.29, 0.717) is 0 Å². The molecule has 0 fully saturated rings. The first-order chi connectivity index (χ1) is 9.96. The molecule has 0 atom stereocenters. The van der Waals surface area contributed by atoms with Gasteiger partial charge in [0.15, 0.2) is 0 Å². The summed E-state index contributed by atoms with van der Waals surface area (Å²) < 4.78 is 0. The number of aliphatic carboxylic acids is 4. The van der Waals surface area contributed by atoms with Crippen molar-refractivity contribution < 1.29 is 39.6 Å². The Bertz CT molecular complexity index is 432. The molecule has 0 rings (SSSR count). The van der Waals surface area contributed by atoms with E-state index in [1.165, 1.54) is 13.8 Å². The number of carboxylic acids is 4. The number of carboxylic acid groups (broad SMARTS) is 4. The van der Waals surface area contributed by atoms with Crippen molar-refractivity contribution in [3.05, 3.63) is 0 Å². The number of rotatable bonds is 11. The zero-order valence-corrected chi connectivity index (χ0v) is 12.4. The fourth-order valence-electron chi connectivity index (χ4n) is 1.71. The number of nitrogens with zero attached hydrogens (tertiary/aromatic N) is 2. The smallest absolute Gasteiger partial charge is 0.323 e. The van der Waals surface area contributed by atoms with Gasteiger partial charge in [0.05, 0.1) is 19.6 Å². The molecule has 0 saturated carbocycles. The maximum atomic E-state index is 11.2. The van der Waals surface area contributed by atoms with Crippen LogP contribution in [0.4, 0.5) is 0 Å². The summed E-state index contributed by atoms with van der Waals surface area (Å²) >= 11 is 0. The quantitative estimate of drug-likeness (QED) is 0.361. The normalized spacial score (nSPS) is 11.6. The Kier molecular flexibility index (Phi) is 7.46. The van der Waals surface area contributed by atoms with E-state index in [1.807, 2.05) is 0 Å². The average Bonchev–Trinajstić information content (AvgIpc) is 2.31. The lowest BCUT2D eigenvalue weighted by Gasteiger charge is -2.35. The van der Waals surface area contributed by atoms with Gasteiger partial charge in [0.25, 0.3) is 0 Å². The van der Waals surface area contributed by atoms with Crippen LogP contribution in [0.1, 0.15) is 13.8 Å². The molecule has 0 aromatic heterocycles.